The fraction of sp³-hybridized carbons (Fsp3) is 0.476. The summed E-state index contributed by atoms with van der Waals surface area (Å²) in [6, 6.07) is 1.15. The number of nitrogens with one attached hydrogen (secondary N) is 4. The number of amides is 4. The summed E-state index contributed by atoms with van der Waals surface area (Å²) in [4.78, 5) is 60.3. The van der Waals surface area contributed by atoms with Gasteiger partial charge in [0.2, 0.25) is 23.6 Å². The third-order valence-corrected chi connectivity index (χ3v) is 5.22. The second-order valence-electron chi connectivity index (χ2n) is 7.89. The number of aliphatic hydroxyl groups excluding tert-OH is 1. The van der Waals surface area contributed by atoms with E-state index in [9.17, 15) is 34.2 Å². The van der Waals surface area contributed by atoms with Gasteiger partial charge < -0.3 is 42.3 Å². The molecule has 34 heavy (non-hydrogen) atoms. The fourth-order valence-corrected chi connectivity index (χ4v) is 3.40. The van der Waals surface area contributed by atoms with Gasteiger partial charge in [-0.3, -0.25) is 19.2 Å². The molecular formula is C21H29N5O8. The lowest BCUT2D eigenvalue weighted by Crippen LogP contribution is -2.58. The number of carbonyl (C=O) groups excluding carboxylic acids is 4. The first-order chi connectivity index (χ1) is 16.1. The molecule has 186 valence electrons. The fourth-order valence-electron chi connectivity index (χ4n) is 3.40. The molecule has 4 unspecified atom stereocenters. The number of rotatable bonds is 12. The molecule has 0 spiro atoms. The van der Waals surface area contributed by atoms with Crippen LogP contribution in [0.2, 0.25) is 0 Å². The van der Waals surface area contributed by atoms with E-state index in [0.29, 0.717) is 18.5 Å². The number of aliphatic carboxylic acids is 1. The van der Waals surface area contributed by atoms with E-state index in [0.717, 1.165) is 6.42 Å². The summed E-state index contributed by atoms with van der Waals surface area (Å²) in [5.74, 6) is -4.71. The zero-order valence-corrected chi connectivity index (χ0v) is 18.3. The molecule has 1 fully saturated rings. The van der Waals surface area contributed by atoms with Gasteiger partial charge in [0.15, 0.2) is 0 Å². The third-order valence-electron chi connectivity index (χ3n) is 5.22. The molecule has 0 aliphatic carbocycles. The second-order valence-corrected chi connectivity index (χ2v) is 7.89. The zero-order valence-electron chi connectivity index (χ0n) is 18.3. The van der Waals surface area contributed by atoms with Crippen LogP contribution in [0.4, 0.5) is 0 Å². The molecule has 1 aromatic carbocycles. The molecule has 4 amide bonds. The number of carbonyl (C=O) groups is 5. The minimum Gasteiger partial charge on any atom is -0.508 e. The SMILES string of the molecule is NC(=O)CC(NC(=O)C(CO)NC(=O)C(Cc1ccc(O)cc1)NC(=O)C1CCCN1)C(=O)O. The Kier molecular flexibility index (Phi) is 9.76. The summed E-state index contributed by atoms with van der Waals surface area (Å²) in [5, 5.41) is 38.2. The number of hydrogen-bond donors (Lipinski definition) is 8. The van der Waals surface area contributed by atoms with Gasteiger partial charge in [0.05, 0.1) is 19.1 Å². The molecule has 0 aromatic heterocycles. The van der Waals surface area contributed by atoms with E-state index in [1.54, 1.807) is 12.1 Å². The van der Waals surface area contributed by atoms with E-state index < -0.39 is 66.8 Å². The predicted octanol–water partition coefficient (Wildman–Crippen LogP) is -2.91. The third kappa shape index (κ3) is 8.01. The Morgan fingerprint density at radius 2 is 1.62 bits per heavy atom. The number of phenolic OH excluding ortho intramolecular Hbond substituents is 1. The summed E-state index contributed by atoms with van der Waals surface area (Å²) < 4.78 is 0. The molecule has 1 saturated heterocycles. The van der Waals surface area contributed by atoms with Gasteiger partial charge in [-0.25, -0.2) is 4.79 Å². The lowest BCUT2D eigenvalue weighted by atomic mass is 10.0. The van der Waals surface area contributed by atoms with Crippen LogP contribution < -0.4 is 27.0 Å². The Labute approximate surface area is 195 Å². The van der Waals surface area contributed by atoms with E-state index in [2.05, 4.69) is 16.0 Å². The summed E-state index contributed by atoms with van der Waals surface area (Å²) in [7, 11) is 0. The molecule has 13 nitrogen and oxygen atoms in total. The van der Waals surface area contributed by atoms with Gasteiger partial charge in [-0.2, -0.15) is 0 Å². The van der Waals surface area contributed by atoms with Crippen molar-refractivity contribution in [2.24, 2.45) is 5.73 Å². The second kappa shape index (κ2) is 12.5. The number of carboxylic acid groups (broad SMARTS) is 1. The Hall–Kier alpha value is -3.71. The van der Waals surface area contributed by atoms with Crippen LogP contribution in [0, 0.1) is 0 Å². The number of aliphatic hydroxyl groups is 1. The Morgan fingerprint density at radius 1 is 1.00 bits per heavy atom. The molecular weight excluding hydrogens is 450 g/mol. The molecule has 2 rings (SSSR count). The van der Waals surface area contributed by atoms with Crippen molar-refractivity contribution in [2.45, 2.75) is 49.9 Å². The monoisotopic (exact) mass is 479 g/mol. The predicted molar refractivity (Wildman–Crippen MR) is 117 cm³/mol. The molecule has 1 heterocycles. The lowest BCUT2D eigenvalue weighted by molar-refractivity contribution is -0.144. The Morgan fingerprint density at radius 3 is 2.15 bits per heavy atom. The average molecular weight is 479 g/mol. The van der Waals surface area contributed by atoms with Crippen LogP contribution in [0.3, 0.4) is 0 Å². The highest BCUT2D eigenvalue weighted by Gasteiger charge is 2.31. The van der Waals surface area contributed by atoms with E-state index in [1.807, 2.05) is 5.32 Å². The normalized spacial score (nSPS) is 17.7. The average Bonchev–Trinajstić information content (AvgIpc) is 3.32. The van der Waals surface area contributed by atoms with Gasteiger partial charge in [-0.05, 0) is 37.1 Å². The number of carboxylic acids is 1. The van der Waals surface area contributed by atoms with Crippen LogP contribution in [0.25, 0.3) is 0 Å². The van der Waals surface area contributed by atoms with E-state index in [4.69, 9.17) is 10.8 Å². The van der Waals surface area contributed by atoms with Gasteiger partial charge in [0.1, 0.15) is 23.9 Å². The van der Waals surface area contributed by atoms with Crippen LogP contribution >= 0.6 is 0 Å². The molecule has 4 atom stereocenters. The lowest BCUT2D eigenvalue weighted by Gasteiger charge is -2.24. The molecule has 1 aliphatic rings. The van der Waals surface area contributed by atoms with E-state index in [-0.39, 0.29) is 12.2 Å². The zero-order chi connectivity index (χ0) is 25.3. The molecule has 1 aliphatic heterocycles. The Bertz CT molecular complexity index is 901. The molecule has 9 N–H and O–H groups in total. The maximum atomic E-state index is 13.0. The molecule has 0 saturated carbocycles. The number of hydrogen-bond acceptors (Lipinski definition) is 8. The molecule has 0 radical (unpaired) electrons. The van der Waals surface area contributed by atoms with Gasteiger partial charge in [0, 0.05) is 6.42 Å². The van der Waals surface area contributed by atoms with Gasteiger partial charge in [-0.1, -0.05) is 12.1 Å². The number of aromatic hydroxyl groups is 1. The van der Waals surface area contributed by atoms with Crippen LogP contribution in [0.5, 0.6) is 5.75 Å². The largest absolute Gasteiger partial charge is 0.508 e. The van der Waals surface area contributed by atoms with Crippen molar-refractivity contribution in [2.75, 3.05) is 13.2 Å². The van der Waals surface area contributed by atoms with Crippen molar-refractivity contribution in [3.63, 3.8) is 0 Å². The summed E-state index contributed by atoms with van der Waals surface area (Å²) in [5.41, 5.74) is 5.59. The Balaban J connectivity index is 2.12. The highest BCUT2D eigenvalue weighted by molar-refractivity contribution is 5.95. The van der Waals surface area contributed by atoms with Crippen LogP contribution in [-0.2, 0) is 30.4 Å². The van der Waals surface area contributed by atoms with Crippen LogP contribution in [0.15, 0.2) is 24.3 Å². The standard InChI is InChI=1S/C21H29N5O8/c22-17(29)9-15(21(33)34)25-20(32)16(10-27)26-19(31)14(8-11-3-5-12(28)6-4-11)24-18(30)13-2-1-7-23-13/h3-6,13-16,23,27-28H,1-2,7-10H2,(H2,22,29)(H,24,30)(H,25,32)(H,26,31)(H,33,34). The van der Waals surface area contributed by atoms with Crippen molar-refractivity contribution in [1.29, 1.82) is 0 Å². The highest BCUT2D eigenvalue weighted by Crippen LogP contribution is 2.12. The number of primary amides is 1. The van der Waals surface area contributed by atoms with Crippen LogP contribution in [0.1, 0.15) is 24.8 Å². The maximum Gasteiger partial charge on any atom is 0.326 e. The van der Waals surface area contributed by atoms with Crippen LogP contribution in [-0.4, -0.2) is 82.2 Å². The first-order valence-electron chi connectivity index (χ1n) is 10.6. The summed E-state index contributed by atoms with van der Waals surface area (Å²) in [6.07, 6.45) is 0.734. The van der Waals surface area contributed by atoms with Crippen molar-refractivity contribution < 1.29 is 39.3 Å². The topological polar surface area (TPSA) is 220 Å². The van der Waals surface area contributed by atoms with Crippen molar-refractivity contribution >= 4 is 29.6 Å². The number of nitrogens with two attached hydrogens (primary N) is 1. The molecule has 1 aromatic rings. The van der Waals surface area contributed by atoms with E-state index in [1.165, 1.54) is 12.1 Å². The minimum atomic E-state index is -1.64. The van der Waals surface area contributed by atoms with Crippen molar-refractivity contribution in [3.05, 3.63) is 29.8 Å². The highest BCUT2D eigenvalue weighted by atomic mass is 16.4. The van der Waals surface area contributed by atoms with Crippen molar-refractivity contribution in [3.8, 4) is 5.75 Å². The number of benzene rings is 1. The smallest absolute Gasteiger partial charge is 0.326 e. The molecule has 13 heteroatoms. The summed E-state index contributed by atoms with van der Waals surface area (Å²) in [6.45, 7) is -0.208. The first kappa shape index (κ1) is 26.5. The van der Waals surface area contributed by atoms with E-state index >= 15 is 0 Å². The van der Waals surface area contributed by atoms with Gasteiger partial charge in [-0.15, -0.1) is 0 Å². The number of phenols is 1. The van der Waals surface area contributed by atoms with Gasteiger partial charge in [0.25, 0.3) is 0 Å². The van der Waals surface area contributed by atoms with Crippen molar-refractivity contribution in [1.82, 2.24) is 21.3 Å². The summed E-state index contributed by atoms with van der Waals surface area (Å²) >= 11 is 0. The minimum absolute atomic E-state index is 0.0176. The quantitative estimate of drug-likeness (QED) is 0.154. The maximum absolute atomic E-state index is 13.0. The molecule has 0 bridgehead atoms. The van der Waals surface area contributed by atoms with Gasteiger partial charge >= 0.3 is 5.97 Å². The first-order valence-corrected chi connectivity index (χ1v) is 10.6.